The Morgan fingerprint density at radius 2 is 1.96 bits per heavy atom. The maximum Gasteiger partial charge on any atom is 0.258 e. The molecule has 25 heavy (non-hydrogen) atoms. The van der Waals surface area contributed by atoms with Crippen LogP contribution in [-0.2, 0) is 4.79 Å². The van der Waals surface area contributed by atoms with E-state index in [1.807, 2.05) is 29.6 Å². The third-order valence-electron chi connectivity index (χ3n) is 3.50. The lowest BCUT2D eigenvalue weighted by atomic mass is 10.1. The SMILES string of the molecule is O=C(COc1cccc(Br)c1)NC(c1ccc(F)cc1)c1cccs1. The number of thiophene rings is 1. The van der Waals surface area contributed by atoms with E-state index >= 15 is 0 Å². The highest BCUT2D eigenvalue weighted by molar-refractivity contribution is 9.10. The third kappa shape index (κ3) is 4.90. The molecule has 3 nitrogen and oxygen atoms in total. The number of hydrogen-bond donors (Lipinski definition) is 1. The number of rotatable bonds is 6. The van der Waals surface area contributed by atoms with Crippen molar-refractivity contribution in [2.45, 2.75) is 6.04 Å². The Hall–Kier alpha value is -2.18. The first-order valence-corrected chi connectivity index (χ1v) is 9.26. The molecule has 0 aliphatic heterocycles. The maximum absolute atomic E-state index is 13.2. The number of halogens is 2. The van der Waals surface area contributed by atoms with Crippen molar-refractivity contribution in [1.29, 1.82) is 0 Å². The normalized spacial score (nSPS) is 11.8. The molecule has 0 radical (unpaired) electrons. The van der Waals surface area contributed by atoms with Gasteiger partial charge in [-0.3, -0.25) is 4.79 Å². The molecule has 0 bridgehead atoms. The molecule has 6 heteroatoms. The quantitative estimate of drug-likeness (QED) is 0.614. The van der Waals surface area contributed by atoms with Crippen LogP contribution in [0.2, 0.25) is 0 Å². The number of hydrogen-bond acceptors (Lipinski definition) is 3. The highest BCUT2D eigenvalue weighted by Crippen LogP contribution is 2.26. The van der Waals surface area contributed by atoms with Crippen LogP contribution in [0.3, 0.4) is 0 Å². The lowest BCUT2D eigenvalue weighted by molar-refractivity contribution is -0.123. The van der Waals surface area contributed by atoms with Crippen molar-refractivity contribution in [3.8, 4) is 5.75 Å². The molecule has 3 rings (SSSR count). The fourth-order valence-electron chi connectivity index (χ4n) is 2.34. The van der Waals surface area contributed by atoms with E-state index in [0.29, 0.717) is 5.75 Å². The molecule has 3 aromatic rings. The van der Waals surface area contributed by atoms with E-state index < -0.39 is 0 Å². The second kappa shape index (κ2) is 8.27. The largest absolute Gasteiger partial charge is 0.484 e. The molecule has 0 aliphatic carbocycles. The summed E-state index contributed by atoms with van der Waals surface area (Å²) in [5, 5.41) is 4.89. The van der Waals surface area contributed by atoms with Gasteiger partial charge in [0.25, 0.3) is 5.91 Å². The number of ether oxygens (including phenoxy) is 1. The van der Waals surface area contributed by atoms with Gasteiger partial charge < -0.3 is 10.1 Å². The minimum atomic E-state index is -0.334. The average molecular weight is 420 g/mol. The van der Waals surface area contributed by atoms with Crippen molar-refractivity contribution < 1.29 is 13.9 Å². The van der Waals surface area contributed by atoms with Crippen molar-refractivity contribution in [2.24, 2.45) is 0 Å². The molecule has 1 heterocycles. The summed E-state index contributed by atoms with van der Waals surface area (Å²) in [5.74, 6) is 0.0553. The predicted molar refractivity (Wildman–Crippen MR) is 100 cm³/mol. The summed E-state index contributed by atoms with van der Waals surface area (Å²) in [6.07, 6.45) is 0. The van der Waals surface area contributed by atoms with Crippen LogP contribution in [0.5, 0.6) is 5.75 Å². The van der Waals surface area contributed by atoms with Gasteiger partial charge in [-0.2, -0.15) is 0 Å². The van der Waals surface area contributed by atoms with Crippen molar-refractivity contribution in [2.75, 3.05) is 6.61 Å². The molecular formula is C19H15BrFNO2S. The van der Waals surface area contributed by atoms with Gasteiger partial charge in [0.1, 0.15) is 11.6 Å². The maximum atomic E-state index is 13.2. The van der Waals surface area contributed by atoms with E-state index in [-0.39, 0.29) is 24.4 Å². The van der Waals surface area contributed by atoms with Gasteiger partial charge in [0.15, 0.2) is 6.61 Å². The Bertz CT molecular complexity index is 837. The van der Waals surface area contributed by atoms with Crippen LogP contribution < -0.4 is 10.1 Å². The number of carbonyl (C=O) groups is 1. The lowest BCUT2D eigenvalue weighted by Crippen LogP contribution is -2.32. The fraction of sp³-hybridized carbons (Fsp3) is 0.105. The average Bonchev–Trinajstić information content (AvgIpc) is 3.13. The van der Waals surface area contributed by atoms with Crippen molar-refractivity contribution in [1.82, 2.24) is 5.32 Å². The monoisotopic (exact) mass is 419 g/mol. The Kier molecular flexibility index (Phi) is 5.83. The molecule has 128 valence electrons. The first-order chi connectivity index (χ1) is 12.1. The zero-order valence-electron chi connectivity index (χ0n) is 13.1. The fourth-order valence-corrected chi connectivity index (χ4v) is 3.52. The van der Waals surface area contributed by atoms with E-state index in [1.165, 1.54) is 23.5 Å². The Morgan fingerprint density at radius 3 is 2.64 bits per heavy atom. The van der Waals surface area contributed by atoms with Gasteiger partial charge in [-0.15, -0.1) is 11.3 Å². The molecule has 1 N–H and O–H groups in total. The third-order valence-corrected chi connectivity index (χ3v) is 4.93. The smallest absolute Gasteiger partial charge is 0.258 e. The highest BCUT2D eigenvalue weighted by atomic mass is 79.9. The van der Waals surface area contributed by atoms with Crippen LogP contribution in [0.1, 0.15) is 16.5 Å². The van der Waals surface area contributed by atoms with Crippen molar-refractivity contribution in [3.05, 3.63) is 86.8 Å². The topological polar surface area (TPSA) is 38.3 Å². The molecular weight excluding hydrogens is 405 g/mol. The van der Waals surface area contributed by atoms with Gasteiger partial charge in [-0.1, -0.05) is 40.2 Å². The van der Waals surface area contributed by atoms with Crippen LogP contribution in [0.15, 0.2) is 70.5 Å². The van der Waals surface area contributed by atoms with E-state index in [1.54, 1.807) is 24.3 Å². The zero-order valence-corrected chi connectivity index (χ0v) is 15.5. The minimum absolute atomic E-state index is 0.0977. The molecule has 0 spiro atoms. The van der Waals surface area contributed by atoms with Gasteiger partial charge in [0, 0.05) is 9.35 Å². The number of amides is 1. The molecule has 1 aromatic heterocycles. The van der Waals surface area contributed by atoms with Crippen LogP contribution >= 0.6 is 27.3 Å². The van der Waals surface area contributed by atoms with Gasteiger partial charge in [-0.05, 0) is 47.3 Å². The highest BCUT2D eigenvalue weighted by Gasteiger charge is 2.18. The molecule has 1 amide bonds. The molecule has 0 aliphatic rings. The molecule has 0 saturated heterocycles. The molecule has 2 aromatic carbocycles. The molecule has 0 fully saturated rings. The number of nitrogens with one attached hydrogen (secondary N) is 1. The summed E-state index contributed by atoms with van der Waals surface area (Å²) in [6.45, 7) is -0.0977. The molecule has 0 saturated carbocycles. The minimum Gasteiger partial charge on any atom is -0.484 e. The molecule has 1 atom stereocenters. The Morgan fingerprint density at radius 1 is 1.16 bits per heavy atom. The van der Waals surface area contributed by atoms with Crippen LogP contribution in [0, 0.1) is 5.82 Å². The second-order valence-corrected chi connectivity index (χ2v) is 7.21. The van der Waals surface area contributed by atoms with Crippen LogP contribution in [0.25, 0.3) is 0 Å². The molecule has 1 unspecified atom stereocenters. The standard InChI is InChI=1S/C19H15BrFNO2S/c20-14-3-1-4-16(11-14)24-12-18(23)22-19(17-5-2-10-25-17)13-6-8-15(21)9-7-13/h1-11,19H,12H2,(H,22,23). The van der Waals surface area contributed by atoms with Crippen molar-refractivity contribution >= 4 is 33.2 Å². The van der Waals surface area contributed by atoms with Crippen LogP contribution in [-0.4, -0.2) is 12.5 Å². The van der Waals surface area contributed by atoms with Gasteiger partial charge in [-0.25, -0.2) is 4.39 Å². The number of benzene rings is 2. The van der Waals surface area contributed by atoms with E-state index in [9.17, 15) is 9.18 Å². The summed E-state index contributed by atoms with van der Waals surface area (Å²) in [4.78, 5) is 13.3. The summed E-state index contributed by atoms with van der Waals surface area (Å²) >= 11 is 4.90. The summed E-state index contributed by atoms with van der Waals surface area (Å²) in [7, 11) is 0. The van der Waals surface area contributed by atoms with Gasteiger partial charge in [0.2, 0.25) is 0 Å². The predicted octanol–water partition coefficient (Wildman–Crippen LogP) is 4.93. The Labute approximate surface area is 157 Å². The number of carbonyl (C=O) groups excluding carboxylic acids is 1. The summed E-state index contributed by atoms with van der Waals surface area (Å²) < 4.78 is 19.6. The summed E-state index contributed by atoms with van der Waals surface area (Å²) in [5.41, 5.74) is 0.819. The lowest BCUT2D eigenvalue weighted by Gasteiger charge is -2.18. The van der Waals surface area contributed by atoms with E-state index in [0.717, 1.165) is 14.9 Å². The van der Waals surface area contributed by atoms with E-state index in [2.05, 4.69) is 21.2 Å². The van der Waals surface area contributed by atoms with Crippen LogP contribution in [0.4, 0.5) is 4.39 Å². The first-order valence-electron chi connectivity index (χ1n) is 7.58. The van der Waals surface area contributed by atoms with Crippen molar-refractivity contribution in [3.63, 3.8) is 0 Å². The van der Waals surface area contributed by atoms with Gasteiger partial charge in [0.05, 0.1) is 6.04 Å². The van der Waals surface area contributed by atoms with Gasteiger partial charge >= 0.3 is 0 Å². The second-order valence-electron chi connectivity index (χ2n) is 5.31. The first kappa shape index (κ1) is 17.6. The van der Waals surface area contributed by atoms with E-state index in [4.69, 9.17) is 4.74 Å². The summed E-state index contributed by atoms with van der Waals surface area (Å²) in [6, 6.07) is 17.0. The zero-order chi connectivity index (χ0) is 17.6. The Balaban J connectivity index is 1.69.